The summed E-state index contributed by atoms with van der Waals surface area (Å²) in [5, 5.41) is 0.978. The quantitative estimate of drug-likeness (QED) is 0.507. The van der Waals surface area contributed by atoms with Crippen LogP contribution in [-0.4, -0.2) is 73.0 Å². The lowest BCUT2D eigenvalue weighted by atomic mass is 9.89. The van der Waals surface area contributed by atoms with Gasteiger partial charge < -0.3 is 14.4 Å². The summed E-state index contributed by atoms with van der Waals surface area (Å²) < 4.78 is 39.7. The molecule has 0 radical (unpaired) electrons. The molecule has 0 N–H and O–H groups in total. The van der Waals surface area contributed by atoms with Gasteiger partial charge in [0.15, 0.2) is 0 Å². The molecular weight excluding hydrogens is 490 g/mol. The average Bonchev–Trinajstić information content (AvgIpc) is 3.68. The van der Waals surface area contributed by atoms with Crippen LogP contribution in [-0.2, 0) is 19.6 Å². The number of rotatable bonds is 5. The molecular formula is C28H31N3O5S. The summed E-state index contributed by atoms with van der Waals surface area (Å²) in [6, 6.07) is 14.9. The number of carbonyl (C=O) groups excluding carboxylic acids is 1. The number of fused-ring (bicyclic) bond motifs is 1. The van der Waals surface area contributed by atoms with Crippen LogP contribution in [0.4, 0.5) is 0 Å². The lowest BCUT2D eigenvalue weighted by Crippen LogP contribution is -2.61. The molecule has 1 aliphatic carbocycles. The monoisotopic (exact) mass is 521 g/mol. The summed E-state index contributed by atoms with van der Waals surface area (Å²) in [6.45, 7) is 3.52. The smallest absolute Gasteiger partial charge is 0.249 e. The number of aromatic nitrogens is 1. The average molecular weight is 522 g/mol. The fraction of sp³-hybridized carbons (Fsp3) is 0.429. The molecule has 2 saturated heterocycles. The Kier molecular flexibility index (Phi) is 5.78. The molecule has 2 aromatic carbocycles. The van der Waals surface area contributed by atoms with Crippen LogP contribution in [0.15, 0.2) is 59.6 Å². The molecule has 1 saturated carbocycles. The van der Waals surface area contributed by atoms with Gasteiger partial charge in [-0.15, -0.1) is 0 Å². The van der Waals surface area contributed by atoms with E-state index in [0.717, 1.165) is 34.9 Å². The van der Waals surface area contributed by atoms with E-state index in [-0.39, 0.29) is 22.9 Å². The van der Waals surface area contributed by atoms with Crippen LogP contribution in [0.1, 0.15) is 32.6 Å². The molecule has 37 heavy (non-hydrogen) atoms. The van der Waals surface area contributed by atoms with Crippen molar-refractivity contribution in [2.45, 2.75) is 48.6 Å². The number of amides is 1. The second kappa shape index (κ2) is 8.79. The zero-order valence-electron chi connectivity index (χ0n) is 21.1. The van der Waals surface area contributed by atoms with Crippen LogP contribution in [0.2, 0.25) is 0 Å². The molecule has 194 valence electrons. The molecule has 6 rings (SSSR count). The van der Waals surface area contributed by atoms with Crippen molar-refractivity contribution in [1.82, 2.24) is 14.2 Å². The SMILES string of the molecule is COc1cnc2cc(-c3ccc(S(=O)(=O)N4CCC5(CC4)CN(C4(C)CC4)C(=O)CO5)cc3)ccc2c1. The second-order valence-electron chi connectivity index (χ2n) is 10.7. The zero-order valence-corrected chi connectivity index (χ0v) is 22.0. The Morgan fingerprint density at radius 3 is 2.35 bits per heavy atom. The van der Waals surface area contributed by atoms with Gasteiger partial charge in [-0.25, -0.2) is 8.42 Å². The third kappa shape index (κ3) is 4.39. The van der Waals surface area contributed by atoms with E-state index in [0.29, 0.717) is 38.2 Å². The van der Waals surface area contributed by atoms with Crippen molar-refractivity contribution in [1.29, 1.82) is 0 Å². The van der Waals surface area contributed by atoms with Gasteiger partial charge >= 0.3 is 0 Å². The van der Waals surface area contributed by atoms with E-state index >= 15 is 0 Å². The van der Waals surface area contributed by atoms with Crippen molar-refractivity contribution in [2.24, 2.45) is 0 Å². The van der Waals surface area contributed by atoms with Gasteiger partial charge in [0.25, 0.3) is 0 Å². The Labute approximate surface area is 217 Å². The topological polar surface area (TPSA) is 89.0 Å². The van der Waals surface area contributed by atoms with Crippen molar-refractivity contribution in [3.8, 4) is 16.9 Å². The van der Waals surface area contributed by atoms with Crippen LogP contribution in [0.25, 0.3) is 22.0 Å². The maximum atomic E-state index is 13.4. The highest BCUT2D eigenvalue weighted by molar-refractivity contribution is 7.89. The molecule has 2 aliphatic heterocycles. The molecule has 8 nitrogen and oxygen atoms in total. The van der Waals surface area contributed by atoms with Crippen LogP contribution in [0.3, 0.4) is 0 Å². The highest BCUT2D eigenvalue weighted by Crippen LogP contribution is 2.45. The maximum absolute atomic E-state index is 13.4. The number of hydrogen-bond donors (Lipinski definition) is 0. The number of morpholine rings is 1. The Balaban J connectivity index is 1.16. The van der Waals surface area contributed by atoms with Gasteiger partial charge in [0, 0.05) is 24.0 Å². The van der Waals surface area contributed by atoms with Crippen LogP contribution in [0.5, 0.6) is 5.75 Å². The number of piperidine rings is 1. The van der Waals surface area contributed by atoms with E-state index < -0.39 is 15.6 Å². The van der Waals surface area contributed by atoms with Crippen molar-refractivity contribution in [3.05, 3.63) is 54.7 Å². The molecule has 3 fully saturated rings. The lowest BCUT2D eigenvalue weighted by Gasteiger charge is -2.48. The minimum absolute atomic E-state index is 0.0442. The number of sulfonamides is 1. The Hall–Kier alpha value is -3.01. The van der Waals surface area contributed by atoms with E-state index in [9.17, 15) is 13.2 Å². The number of nitrogens with zero attached hydrogens (tertiary/aromatic N) is 3. The number of hydrogen-bond acceptors (Lipinski definition) is 6. The summed E-state index contributed by atoms with van der Waals surface area (Å²) in [7, 11) is -2.01. The predicted octanol–water partition coefficient (Wildman–Crippen LogP) is 3.85. The molecule has 1 spiro atoms. The number of methoxy groups -OCH3 is 1. The number of benzene rings is 2. The summed E-state index contributed by atoms with van der Waals surface area (Å²) in [5.74, 6) is 0.749. The van der Waals surface area contributed by atoms with Gasteiger partial charge in [-0.1, -0.05) is 24.3 Å². The third-order valence-electron chi connectivity index (χ3n) is 8.23. The van der Waals surface area contributed by atoms with E-state index in [1.54, 1.807) is 29.7 Å². The first-order valence-corrected chi connectivity index (χ1v) is 14.1. The zero-order chi connectivity index (χ0) is 25.8. The highest BCUT2D eigenvalue weighted by atomic mass is 32.2. The van der Waals surface area contributed by atoms with Gasteiger partial charge in [0.2, 0.25) is 15.9 Å². The highest BCUT2D eigenvalue weighted by Gasteiger charge is 2.52. The van der Waals surface area contributed by atoms with Gasteiger partial charge in [0.05, 0.1) is 35.9 Å². The van der Waals surface area contributed by atoms with Gasteiger partial charge in [-0.2, -0.15) is 4.31 Å². The van der Waals surface area contributed by atoms with Crippen molar-refractivity contribution in [2.75, 3.05) is 33.4 Å². The van der Waals surface area contributed by atoms with Gasteiger partial charge in [-0.05, 0) is 68.0 Å². The molecule has 3 heterocycles. The fourth-order valence-electron chi connectivity index (χ4n) is 5.45. The summed E-state index contributed by atoms with van der Waals surface area (Å²) in [4.78, 5) is 19.1. The van der Waals surface area contributed by atoms with Crippen molar-refractivity contribution < 1.29 is 22.7 Å². The largest absolute Gasteiger partial charge is 0.495 e. The Morgan fingerprint density at radius 2 is 1.68 bits per heavy atom. The third-order valence-corrected chi connectivity index (χ3v) is 10.1. The normalized spacial score (nSPS) is 21.4. The molecule has 0 unspecified atom stereocenters. The number of ether oxygens (including phenoxy) is 2. The standard InChI is InChI=1S/C28H31N3O5S/c1-27(9-10-27)31-19-28(36-18-26(31)32)11-13-30(14-12-28)37(33,34)24-7-5-20(6-8-24)21-3-4-22-15-23(35-2)17-29-25(22)16-21/h3-8,15-17H,9-14,18-19H2,1-2H3. The van der Waals surface area contributed by atoms with Crippen LogP contribution < -0.4 is 4.74 Å². The molecule has 3 aromatic rings. The van der Waals surface area contributed by atoms with E-state index in [4.69, 9.17) is 9.47 Å². The molecule has 1 amide bonds. The number of pyridine rings is 1. The first-order chi connectivity index (χ1) is 17.7. The predicted molar refractivity (Wildman–Crippen MR) is 140 cm³/mol. The van der Waals surface area contributed by atoms with E-state index in [1.807, 2.05) is 41.3 Å². The summed E-state index contributed by atoms with van der Waals surface area (Å²) in [5.41, 5.74) is 2.23. The minimum atomic E-state index is -3.63. The first kappa shape index (κ1) is 24.3. The maximum Gasteiger partial charge on any atom is 0.249 e. The Morgan fingerprint density at radius 1 is 0.973 bits per heavy atom. The molecule has 1 aromatic heterocycles. The van der Waals surface area contributed by atoms with Crippen molar-refractivity contribution >= 4 is 26.8 Å². The van der Waals surface area contributed by atoms with Gasteiger partial charge in [0.1, 0.15) is 12.4 Å². The van der Waals surface area contributed by atoms with E-state index in [2.05, 4.69) is 11.9 Å². The lowest BCUT2D eigenvalue weighted by molar-refractivity contribution is -0.175. The molecule has 0 bridgehead atoms. The van der Waals surface area contributed by atoms with Crippen LogP contribution >= 0.6 is 0 Å². The minimum Gasteiger partial charge on any atom is -0.495 e. The van der Waals surface area contributed by atoms with Crippen LogP contribution in [0, 0.1) is 0 Å². The summed E-state index contributed by atoms with van der Waals surface area (Å²) in [6.07, 6.45) is 4.90. The molecule has 3 aliphatic rings. The Bertz CT molecular complexity index is 1460. The molecule has 0 atom stereocenters. The second-order valence-corrected chi connectivity index (χ2v) is 12.6. The summed E-state index contributed by atoms with van der Waals surface area (Å²) >= 11 is 0. The molecule has 9 heteroatoms. The van der Waals surface area contributed by atoms with E-state index in [1.165, 1.54) is 0 Å². The van der Waals surface area contributed by atoms with Crippen molar-refractivity contribution in [3.63, 3.8) is 0 Å². The first-order valence-electron chi connectivity index (χ1n) is 12.7. The fourth-order valence-corrected chi connectivity index (χ4v) is 6.90. The number of carbonyl (C=O) groups is 1. The van der Waals surface area contributed by atoms with Gasteiger partial charge in [-0.3, -0.25) is 9.78 Å².